The number of fused-ring (bicyclic) bond motifs is 2. The van der Waals surface area contributed by atoms with Crippen LogP contribution in [-0.4, -0.2) is 10.9 Å². The molecule has 0 aliphatic heterocycles. The third-order valence-electron chi connectivity index (χ3n) is 2.97. The molecule has 3 atom stereocenters. The topological polar surface area (TPSA) is 32.6 Å². The van der Waals surface area contributed by atoms with Crippen molar-refractivity contribution in [1.29, 1.82) is 0 Å². The first kappa shape index (κ1) is 6.89. The predicted octanol–water partition coefficient (Wildman–Crippen LogP) is 2.05. The van der Waals surface area contributed by atoms with E-state index in [0.717, 1.165) is 11.6 Å². The summed E-state index contributed by atoms with van der Waals surface area (Å²) in [4.78, 5) is 0. The molecular weight excluding hydrogens is 138 g/mol. The van der Waals surface area contributed by atoms with Gasteiger partial charge in [-0.1, -0.05) is 17.3 Å². The van der Waals surface area contributed by atoms with Gasteiger partial charge in [-0.3, -0.25) is 0 Å². The average molecular weight is 151 g/mol. The van der Waals surface area contributed by atoms with Crippen molar-refractivity contribution in [3.63, 3.8) is 0 Å². The van der Waals surface area contributed by atoms with Crippen molar-refractivity contribution in [2.45, 2.75) is 19.8 Å². The zero-order valence-corrected chi connectivity index (χ0v) is 6.70. The molecule has 0 saturated heterocycles. The first-order valence-electron chi connectivity index (χ1n) is 4.18. The van der Waals surface area contributed by atoms with E-state index in [2.05, 4.69) is 17.3 Å². The molecule has 0 spiro atoms. The standard InChI is InChI=1S/C9H13NO/c1-6(10-11)9-5-7-2-3-8(9)4-7/h2-3,7-9,11H,4-5H2,1H3/b10-6+. The molecule has 0 aromatic carbocycles. The van der Waals surface area contributed by atoms with Crippen LogP contribution in [0.25, 0.3) is 0 Å². The van der Waals surface area contributed by atoms with Gasteiger partial charge in [0.15, 0.2) is 0 Å². The normalized spacial score (nSPS) is 41.9. The summed E-state index contributed by atoms with van der Waals surface area (Å²) in [6, 6.07) is 0. The number of oxime groups is 1. The molecule has 2 rings (SSSR count). The van der Waals surface area contributed by atoms with Crippen molar-refractivity contribution in [3.05, 3.63) is 12.2 Å². The summed E-state index contributed by atoms with van der Waals surface area (Å²) in [7, 11) is 0. The van der Waals surface area contributed by atoms with Crippen LogP contribution >= 0.6 is 0 Å². The fourth-order valence-corrected chi connectivity index (χ4v) is 2.34. The van der Waals surface area contributed by atoms with Crippen LogP contribution in [-0.2, 0) is 0 Å². The van der Waals surface area contributed by atoms with Gasteiger partial charge in [-0.2, -0.15) is 0 Å². The Bertz CT molecular complexity index is 220. The Hall–Kier alpha value is -0.790. The third kappa shape index (κ3) is 0.971. The summed E-state index contributed by atoms with van der Waals surface area (Å²) < 4.78 is 0. The van der Waals surface area contributed by atoms with Crippen LogP contribution < -0.4 is 0 Å². The maximum atomic E-state index is 8.59. The highest BCUT2D eigenvalue weighted by molar-refractivity contribution is 5.84. The number of hydrogen-bond donors (Lipinski definition) is 1. The minimum Gasteiger partial charge on any atom is -0.411 e. The molecule has 1 fully saturated rings. The van der Waals surface area contributed by atoms with Gasteiger partial charge in [0.2, 0.25) is 0 Å². The van der Waals surface area contributed by atoms with Gasteiger partial charge in [0.1, 0.15) is 0 Å². The van der Waals surface area contributed by atoms with Gasteiger partial charge in [-0.15, -0.1) is 0 Å². The molecule has 2 nitrogen and oxygen atoms in total. The van der Waals surface area contributed by atoms with Crippen LogP contribution in [0.3, 0.4) is 0 Å². The molecule has 0 aromatic heterocycles. The minimum atomic E-state index is 0.523. The number of hydrogen-bond acceptors (Lipinski definition) is 2. The molecule has 2 bridgehead atoms. The van der Waals surface area contributed by atoms with Crippen molar-refractivity contribution in [2.75, 3.05) is 0 Å². The summed E-state index contributed by atoms with van der Waals surface area (Å²) in [5, 5.41) is 11.9. The van der Waals surface area contributed by atoms with E-state index < -0.39 is 0 Å². The molecule has 2 aliphatic carbocycles. The van der Waals surface area contributed by atoms with Crippen LogP contribution in [0.4, 0.5) is 0 Å². The highest BCUT2D eigenvalue weighted by Crippen LogP contribution is 2.43. The van der Waals surface area contributed by atoms with Crippen molar-refractivity contribution in [2.24, 2.45) is 22.9 Å². The Labute approximate surface area is 66.6 Å². The van der Waals surface area contributed by atoms with E-state index in [1.807, 2.05) is 6.92 Å². The van der Waals surface area contributed by atoms with Crippen molar-refractivity contribution >= 4 is 5.71 Å². The highest BCUT2D eigenvalue weighted by Gasteiger charge is 2.37. The Morgan fingerprint density at radius 2 is 2.27 bits per heavy atom. The van der Waals surface area contributed by atoms with Gasteiger partial charge >= 0.3 is 0 Å². The molecule has 2 aliphatic rings. The molecule has 0 aromatic rings. The molecule has 0 radical (unpaired) electrons. The molecule has 0 heterocycles. The van der Waals surface area contributed by atoms with Gasteiger partial charge in [-0.25, -0.2) is 0 Å². The summed E-state index contributed by atoms with van der Waals surface area (Å²) in [6.07, 6.45) is 7.04. The molecule has 1 N–H and O–H groups in total. The van der Waals surface area contributed by atoms with Crippen LogP contribution in [0, 0.1) is 17.8 Å². The molecule has 60 valence electrons. The van der Waals surface area contributed by atoms with Gasteiger partial charge in [-0.05, 0) is 31.6 Å². The average Bonchev–Trinajstić information content (AvgIpc) is 2.62. The molecular formula is C9H13NO. The van der Waals surface area contributed by atoms with Crippen LogP contribution in [0.15, 0.2) is 17.3 Å². The van der Waals surface area contributed by atoms with Crippen LogP contribution in [0.2, 0.25) is 0 Å². The zero-order chi connectivity index (χ0) is 7.84. The van der Waals surface area contributed by atoms with Crippen molar-refractivity contribution in [3.8, 4) is 0 Å². The highest BCUT2D eigenvalue weighted by atomic mass is 16.4. The van der Waals surface area contributed by atoms with E-state index in [0.29, 0.717) is 11.8 Å². The van der Waals surface area contributed by atoms with Crippen LogP contribution in [0.5, 0.6) is 0 Å². The smallest absolute Gasteiger partial charge is 0.0576 e. The number of allylic oxidation sites excluding steroid dienone is 2. The Balaban J connectivity index is 2.14. The summed E-state index contributed by atoms with van der Waals surface area (Å²) >= 11 is 0. The van der Waals surface area contributed by atoms with Crippen LogP contribution in [0.1, 0.15) is 19.8 Å². The van der Waals surface area contributed by atoms with Gasteiger partial charge in [0.25, 0.3) is 0 Å². The zero-order valence-electron chi connectivity index (χ0n) is 6.70. The second-order valence-corrected chi connectivity index (χ2v) is 3.63. The first-order chi connectivity index (χ1) is 5.31. The lowest BCUT2D eigenvalue weighted by Crippen LogP contribution is -2.15. The minimum absolute atomic E-state index is 0.523. The monoisotopic (exact) mass is 151 g/mol. The maximum absolute atomic E-state index is 8.59. The Morgan fingerprint density at radius 1 is 1.45 bits per heavy atom. The first-order valence-corrected chi connectivity index (χ1v) is 4.18. The summed E-state index contributed by atoms with van der Waals surface area (Å²) in [5.41, 5.74) is 0.904. The lowest BCUT2D eigenvalue weighted by Gasteiger charge is -2.15. The van der Waals surface area contributed by atoms with Crippen molar-refractivity contribution < 1.29 is 5.21 Å². The molecule has 11 heavy (non-hydrogen) atoms. The SMILES string of the molecule is C/C(=N\O)C1CC2C=CC1C2. The second kappa shape index (κ2) is 2.36. The van der Waals surface area contributed by atoms with E-state index in [9.17, 15) is 0 Å². The molecule has 3 unspecified atom stereocenters. The fraction of sp³-hybridized carbons (Fsp3) is 0.667. The number of rotatable bonds is 1. The number of nitrogens with zero attached hydrogens (tertiary/aromatic N) is 1. The summed E-state index contributed by atoms with van der Waals surface area (Å²) in [6.45, 7) is 1.92. The lowest BCUT2D eigenvalue weighted by atomic mass is 9.90. The Morgan fingerprint density at radius 3 is 2.73 bits per heavy atom. The third-order valence-corrected chi connectivity index (χ3v) is 2.97. The molecule has 2 heteroatoms. The largest absolute Gasteiger partial charge is 0.411 e. The van der Waals surface area contributed by atoms with E-state index >= 15 is 0 Å². The quantitative estimate of drug-likeness (QED) is 0.264. The summed E-state index contributed by atoms with van der Waals surface area (Å²) in [5.74, 6) is 1.95. The van der Waals surface area contributed by atoms with Gasteiger partial charge < -0.3 is 5.21 Å². The second-order valence-electron chi connectivity index (χ2n) is 3.63. The van der Waals surface area contributed by atoms with E-state index in [-0.39, 0.29) is 0 Å². The fourth-order valence-electron chi connectivity index (χ4n) is 2.34. The van der Waals surface area contributed by atoms with Gasteiger partial charge in [0.05, 0.1) is 5.71 Å². The predicted molar refractivity (Wildman–Crippen MR) is 43.7 cm³/mol. The van der Waals surface area contributed by atoms with E-state index in [4.69, 9.17) is 5.21 Å². The maximum Gasteiger partial charge on any atom is 0.0576 e. The van der Waals surface area contributed by atoms with E-state index in [1.165, 1.54) is 12.8 Å². The van der Waals surface area contributed by atoms with Crippen molar-refractivity contribution in [1.82, 2.24) is 0 Å². The lowest BCUT2D eigenvalue weighted by molar-refractivity contribution is 0.312. The molecule has 0 amide bonds. The van der Waals surface area contributed by atoms with E-state index in [1.54, 1.807) is 0 Å². The molecule has 1 saturated carbocycles. The van der Waals surface area contributed by atoms with Gasteiger partial charge in [0, 0.05) is 5.92 Å². The Kier molecular flexibility index (Phi) is 1.48.